The van der Waals surface area contributed by atoms with Crippen LogP contribution in [0.4, 0.5) is 0 Å². The molecule has 3 nitrogen and oxygen atoms in total. The van der Waals surface area contributed by atoms with Crippen molar-refractivity contribution in [2.75, 3.05) is 0 Å². The Hall–Kier alpha value is -2.51. The normalized spacial score (nSPS) is 14.3. The molecule has 1 aliphatic rings. The second-order valence-electron chi connectivity index (χ2n) is 11.1. The second kappa shape index (κ2) is 8.69. The summed E-state index contributed by atoms with van der Waals surface area (Å²) in [6, 6.07) is 18.7. The van der Waals surface area contributed by atoms with Gasteiger partial charge in [0.15, 0.2) is 0 Å². The van der Waals surface area contributed by atoms with E-state index in [1.807, 2.05) is 30.3 Å². The van der Waals surface area contributed by atoms with Crippen LogP contribution in [0.15, 0.2) is 54.6 Å². The van der Waals surface area contributed by atoms with Crippen LogP contribution in [0.2, 0.25) is 0 Å². The van der Waals surface area contributed by atoms with Gasteiger partial charge in [-0.05, 0) is 47.9 Å². The molecule has 0 aromatic heterocycles. The van der Waals surface area contributed by atoms with Crippen LogP contribution in [0.3, 0.4) is 0 Å². The Morgan fingerprint density at radius 3 is 1.58 bits per heavy atom. The molecule has 0 fully saturated rings. The zero-order valence-electron chi connectivity index (χ0n) is 21.1. The number of fused-ring (bicyclic) bond motifs is 2. The molecule has 4 heteroatoms. The van der Waals surface area contributed by atoms with Crippen molar-refractivity contribution >= 4 is 8.60 Å². The lowest BCUT2D eigenvalue weighted by molar-refractivity contribution is 0.370. The summed E-state index contributed by atoms with van der Waals surface area (Å²) >= 11 is 0. The average Bonchev–Trinajstić information content (AvgIpc) is 2.69. The average molecular weight is 463 g/mol. The lowest BCUT2D eigenvalue weighted by Crippen LogP contribution is -2.19. The van der Waals surface area contributed by atoms with E-state index in [0.717, 1.165) is 23.7 Å². The maximum atomic E-state index is 6.63. The van der Waals surface area contributed by atoms with E-state index in [-0.39, 0.29) is 10.8 Å². The van der Waals surface area contributed by atoms with E-state index in [1.54, 1.807) is 0 Å². The molecule has 4 rings (SSSR count). The van der Waals surface area contributed by atoms with Crippen LogP contribution in [0.5, 0.6) is 17.2 Å². The monoisotopic (exact) mass is 462 g/mol. The minimum absolute atomic E-state index is 0.0743. The Labute approximate surface area is 200 Å². The highest BCUT2D eigenvalue weighted by molar-refractivity contribution is 7.43. The lowest BCUT2D eigenvalue weighted by atomic mass is 9.81. The van der Waals surface area contributed by atoms with Crippen molar-refractivity contribution in [1.82, 2.24) is 0 Å². The Bertz CT molecular complexity index is 1080. The summed E-state index contributed by atoms with van der Waals surface area (Å²) in [5, 5.41) is 0. The van der Waals surface area contributed by atoms with Gasteiger partial charge in [0, 0.05) is 17.5 Å². The molecule has 0 aliphatic carbocycles. The van der Waals surface area contributed by atoms with Gasteiger partial charge in [-0.1, -0.05) is 95.1 Å². The minimum Gasteiger partial charge on any atom is -0.409 e. The summed E-state index contributed by atoms with van der Waals surface area (Å²) in [5.41, 5.74) is 7.04. The molecule has 33 heavy (non-hydrogen) atoms. The molecule has 1 heterocycles. The molecule has 3 aromatic carbocycles. The SMILES string of the molecule is Cc1cc2c(c(C(C)(C)C)c1)OP(Oc1ccccc1)Oc1c(cc(C)cc1C(C)(C)C)C2. The fraction of sp³-hybridized carbons (Fsp3) is 0.379. The number of hydrogen-bond donors (Lipinski definition) is 0. The van der Waals surface area contributed by atoms with Crippen LogP contribution >= 0.6 is 8.60 Å². The summed E-state index contributed by atoms with van der Waals surface area (Å²) in [6.07, 6.45) is 0.759. The molecule has 174 valence electrons. The summed E-state index contributed by atoms with van der Waals surface area (Å²) < 4.78 is 19.6. The van der Waals surface area contributed by atoms with Crippen LogP contribution in [0.1, 0.15) is 74.9 Å². The third-order valence-electron chi connectivity index (χ3n) is 5.87. The topological polar surface area (TPSA) is 27.7 Å². The summed E-state index contributed by atoms with van der Waals surface area (Å²) in [6.45, 7) is 17.7. The van der Waals surface area contributed by atoms with Crippen molar-refractivity contribution in [2.24, 2.45) is 0 Å². The number of benzene rings is 3. The Balaban J connectivity index is 1.93. The fourth-order valence-corrected chi connectivity index (χ4v) is 5.40. The molecule has 0 spiro atoms. The van der Waals surface area contributed by atoms with E-state index in [9.17, 15) is 0 Å². The molecule has 0 amide bonds. The molecular weight excluding hydrogens is 427 g/mol. The molecule has 0 bridgehead atoms. The molecule has 3 aromatic rings. The van der Waals surface area contributed by atoms with Crippen LogP contribution in [-0.2, 0) is 17.3 Å². The van der Waals surface area contributed by atoms with Crippen molar-refractivity contribution in [2.45, 2.75) is 72.6 Å². The highest BCUT2D eigenvalue weighted by Gasteiger charge is 2.33. The third kappa shape index (κ3) is 5.20. The van der Waals surface area contributed by atoms with Gasteiger partial charge in [-0.25, -0.2) is 0 Å². The molecule has 0 radical (unpaired) electrons. The van der Waals surface area contributed by atoms with Crippen LogP contribution in [-0.4, -0.2) is 0 Å². The standard InChI is InChI=1S/C29H35O3P/c1-19-14-21-18-22-15-20(2)17-25(29(6,7)8)27(22)32-33(30-23-12-10-9-11-13-23)31-26(21)24(16-19)28(3,4)5/h9-17H,18H2,1-8H3. The summed E-state index contributed by atoms with van der Waals surface area (Å²) in [5.74, 6) is 2.51. The Morgan fingerprint density at radius 1 is 0.697 bits per heavy atom. The highest BCUT2D eigenvalue weighted by atomic mass is 31.2. The van der Waals surface area contributed by atoms with Gasteiger partial charge in [-0.15, -0.1) is 0 Å². The predicted molar refractivity (Wildman–Crippen MR) is 138 cm³/mol. The van der Waals surface area contributed by atoms with E-state index in [1.165, 1.54) is 33.4 Å². The van der Waals surface area contributed by atoms with Gasteiger partial charge in [0.2, 0.25) is 0 Å². The zero-order valence-corrected chi connectivity index (χ0v) is 22.0. The molecule has 0 saturated heterocycles. The maximum Gasteiger partial charge on any atom is 0.530 e. The van der Waals surface area contributed by atoms with Crippen molar-refractivity contribution in [3.63, 3.8) is 0 Å². The van der Waals surface area contributed by atoms with Crippen LogP contribution < -0.4 is 13.6 Å². The van der Waals surface area contributed by atoms with Gasteiger partial charge in [-0.2, -0.15) is 0 Å². The van der Waals surface area contributed by atoms with E-state index >= 15 is 0 Å². The summed E-state index contributed by atoms with van der Waals surface area (Å²) in [7, 11) is -1.71. The quantitative estimate of drug-likeness (QED) is 0.357. The fourth-order valence-electron chi connectivity index (χ4n) is 4.27. The maximum absolute atomic E-state index is 6.63. The van der Waals surface area contributed by atoms with Crippen molar-refractivity contribution in [3.8, 4) is 17.2 Å². The molecule has 0 saturated carbocycles. The number of hydrogen-bond acceptors (Lipinski definition) is 3. The smallest absolute Gasteiger partial charge is 0.409 e. The van der Waals surface area contributed by atoms with E-state index in [0.29, 0.717) is 0 Å². The lowest BCUT2D eigenvalue weighted by Gasteiger charge is -2.32. The third-order valence-corrected chi connectivity index (χ3v) is 6.90. The minimum atomic E-state index is -1.71. The molecule has 0 unspecified atom stereocenters. The zero-order chi connectivity index (χ0) is 24.0. The van der Waals surface area contributed by atoms with Gasteiger partial charge in [0.1, 0.15) is 17.2 Å². The predicted octanol–water partition coefficient (Wildman–Crippen LogP) is 8.57. The first-order valence-corrected chi connectivity index (χ1v) is 12.7. The van der Waals surface area contributed by atoms with Gasteiger partial charge in [-0.3, -0.25) is 0 Å². The number of aryl methyl sites for hydroxylation is 2. The van der Waals surface area contributed by atoms with Gasteiger partial charge in [0.05, 0.1) is 0 Å². The van der Waals surface area contributed by atoms with Gasteiger partial charge in [0.25, 0.3) is 0 Å². The second-order valence-corrected chi connectivity index (χ2v) is 12.1. The van der Waals surface area contributed by atoms with E-state index in [2.05, 4.69) is 79.7 Å². The van der Waals surface area contributed by atoms with E-state index < -0.39 is 8.60 Å². The first kappa shape index (κ1) is 23.6. The Kier molecular flexibility index (Phi) is 6.22. The molecular formula is C29H35O3P. The molecule has 0 N–H and O–H groups in total. The molecule has 1 aliphatic heterocycles. The van der Waals surface area contributed by atoms with E-state index in [4.69, 9.17) is 13.6 Å². The van der Waals surface area contributed by atoms with Gasteiger partial charge >= 0.3 is 8.60 Å². The first-order chi connectivity index (χ1) is 15.4. The Morgan fingerprint density at radius 2 is 1.15 bits per heavy atom. The van der Waals surface area contributed by atoms with Gasteiger partial charge < -0.3 is 13.6 Å². The first-order valence-electron chi connectivity index (χ1n) is 11.6. The molecule has 0 atom stereocenters. The number of rotatable bonds is 2. The highest BCUT2D eigenvalue weighted by Crippen LogP contribution is 2.52. The van der Waals surface area contributed by atoms with Crippen LogP contribution in [0, 0.1) is 13.8 Å². The van der Waals surface area contributed by atoms with Crippen molar-refractivity contribution in [1.29, 1.82) is 0 Å². The van der Waals surface area contributed by atoms with Crippen molar-refractivity contribution in [3.05, 3.63) is 88.0 Å². The largest absolute Gasteiger partial charge is 0.530 e. The van der Waals surface area contributed by atoms with Crippen molar-refractivity contribution < 1.29 is 13.6 Å². The summed E-state index contributed by atoms with van der Waals surface area (Å²) in [4.78, 5) is 0. The number of para-hydroxylation sites is 1. The van der Waals surface area contributed by atoms with Crippen LogP contribution in [0.25, 0.3) is 0 Å².